The molecule has 14 heteroatoms. The summed E-state index contributed by atoms with van der Waals surface area (Å²) in [5.74, 6) is 0.0566. The number of likely N-dealkylation sites (tertiary alicyclic amines) is 1. The van der Waals surface area contributed by atoms with E-state index >= 15 is 0 Å². The molecule has 1 heterocycles. The van der Waals surface area contributed by atoms with Crippen LogP contribution in [0, 0.1) is 30.3 Å². The second kappa shape index (κ2) is 13.6. The van der Waals surface area contributed by atoms with Crippen LogP contribution in [0.25, 0.3) is 0 Å². The zero-order valence-corrected chi connectivity index (χ0v) is 20.2. The molecule has 1 saturated heterocycles. The Kier molecular flexibility index (Phi) is 10.9. The van der Waals surface area contributed by atoms with Crippen molar-refractivity contribution in [1.82, 2.24) is 4.90 Å². The minimum atomic E-state index is -1.21. The topological polar surface area (TPSA) is 156 Å². The number of hydrogen-bond donors (Lipinski definition) is 1. The van der Waals surface area contributed by atoms with E-state index in [1.54, 1.807) is 0 Å². The Hall–Kier alpha value is -3.22. The summed E-state index contributed by atoms with van der Waals surface area (Å²) in [5, 5.41) is 40.2. The van der Waals surface area contributed by atoms with Crippen LogP contribution in [0.4, 0.5) is 22.7 Å². The number of phenols is 1. The van der Waals surface area contributed by atoms with Crippen LogP contribution in [0.5, 0.6) is 5.75 Å². The standard InChI is InChI=1S/C15H22Cl2N2.C6H3N3O7/c16-6-10-19(11-7-17)15-5-3-4-14(12-15)13-18-8-1-2-9-18;10-6-4(8(13)14)1-3(7(11)12)2-5(6)9(15)16/h3-5,12H,1-2,6-11,13H2;1-2,10H. The van der Waals surface area contributed by atoms with Crippen molar-refractivity contribution in [3.05, 3.63) is 72.3 Å². The number of halogens is 2. The van der Waals surface area contributed by atoms with Crippen molar-refractivity contribution in [3.63, 3.8) is 0 Å². The maximum absolute atomic E-state index is 10.4. The van der Waals surface area contributed by atoms with Gasteiger partial charge in [0.15, 0.2) is 0 Å². The molecular formula is C21H25Cl2N5O7. The maximum Gasteiger partial charge on any atom is 0.324 e. The molecule has 1 aliphatic rings. The number of non-ortho nitro benzene ring substituents is 1. The molecule has 1 aliphatic heterocycles. The van der Waals surface area contributed by atoms with E-state index in [-0.39, 0.29) is 0 Å². The number of rotatable bonds is 10. The molecule has 0 amide bonds. The van der Waals surface area contributed by atoms with Crippen LogP contribution in [-0.4, -0.2) is 62.7 Å². The van der Waals surface area contributed by atoms with Crippen molar-refractivity contribution in [3.8, 4) is 5.75 Å². The van der Waals surface area contributed by atoms with E-state index in [0.29, 0.717) is 23.9 Å². The molecule has 2 aromatic rings. The Balaban J connectivity index is 0.000000251. The number of nitro groups is 3. The first-order chi connectivity index (χ1) is 16.7. The highest BCUT2D eigenvalue weighted by Crippen LogP contribution is 2.38. The molecule has 0 aliphatic carbocycles. The predicted octanol–water partition coefficient (Wildman–Crippen LogP) is 4.68. The molecular weight excluding hydrogens is 505 g/mol. The molecule has 3 rings (SSSR count). The summed E-state index contributed by atoms with van der Waals surface area (Å²) in [6.07, 6.45) is 2.68. The fourth-order valence-corrected chi connectivity index (χ4v) is 4.01. The second-order valence-corrected chi connectivity index (χ2v) is 8.38. The van der Waals surface area contributed by atoms with E-state index in [1.807, 2.05) is 0 Å². The summed E-state index contributed by atoms with van der Waals surface area (Å²) in [6, 6.07) is 9.66. The van der Waals surface area contributed by atoms with Crippen molar-refractivity contribution in [1.29, 1.82) is 0 Å². The fourth-order valence-electron chi connectivity index (χ4n) is 3.60. The number of phenolic OH excluding ortho intramolecular Hbond substituents is 1. The number of benzene rings is 2. The van der Waals surface area contributed by atoms with Gasteiger partial charge in [-0.2, -0.15) is 0 Å². The van der Waals surface area contributed by atoms with Gasteiger partial charge in [-0.3, -0.25) is 35.2 Å². The Morgan fingerprint density at radius 1 is 0.886 bits per heavy atom. The normalized spacial score (nSPS) is 13.1. The average Bonchev–Trinajstić information content (AvgIpc) is 3.32. The van der Waals surface area contributed by atoms with Crippen LogP contribution in [0.2, 0.25) is 0 Å². The third-order valence-electron chi connectivity index (χ3n) is 5.25. The van der Waals surface area contributed by atoms with Gasteiger partial charge >= 0.3 is 11.4 Å². The highest BCUT2D eigenvalue weighted by atomic mass is 35.5. The molecule has 1 fully saturated rings. The van der Waals surface area contributed by atoms with Crippen LogP contribution in [0.3, 0.4) is 0 Å². The first-order valence-electron chi connectivity index (χ1n) is 10.7. The smallest absolute Gasteiger partial charge is 0.324 e. The van der Waals surface area contributed by atoms with Crippen LogP contribution in [0.1, 0.15) is 18.4 Å². The van der Waals surface area contributed by atoms with Gasteiger partial charge in [0, 0.05) is 37.1 Å². The van der Waals surface area contributed by atoms with E-state index in [2.05, 4.69) is 34.1 Å². The number of nitrogens with zero attached hydrogens (tertiary/aromatic N) is 5. The molecule has 1 N–H and O–H groups in total. The molecule has 0 radical (unpaired) electrons. The summed E-state index contributed by atoms with van der Waals surface area (Å²) in [6.45, 7) is 5.22. The highest BCUT2D eigenvalue weighted by molar-refractivity contribution is 6.18. The number of anilines is 1. The molecule has 0 spiro atoms. The van der Waals surface area contributed by atoms with Crippen LogP contribution >= 0.6 is 23.2 Å². The number of nitro benzene ring substituents is 3. The van der Waals surface area contributed by atoms with Gasteiger partial charge in [0.1, 0.15) is 0 Å². The zero-order chi connectivity index (χ0) is 26.0. The van der Waals surface area contributed by atoms with E-state index in [9.17, 15) is 30.3 Å². The summed E-state index contributed by atoms with van der Waals surface area (Å²) in [7, 11) is 0. The summed E-state index contributed by atoms with van der Waals surface area (Å²) in [5.41, 5.74) is -0.385. The SMILES string of the molecule is ClCCN(CCCl)c1cccc(CN2CCCC2)c1.O=[N+]([O-])c1cc([N+](=O)[O-])c(O)c([N+](=O)[O-])c1. The van der Waals surface area contributed by atoms with Crippen molar-refractivity contribution in [2.45, 2.75) is 19.4 Å². The Morgan fingerprint density at radius 2 is 1.43 bits per heavy atom. The van der Waals surface area contributed by atoms with E-state index in [4.69, 9.17) is 28.3 Å². The lowest BCUT2D eigenvalue weighted by molar-refractivity contribution is -0.404. The molecule has 35 heavy (non-hydrogen) atoms. The van der Waals surface area contributed by atoms with Crippen molar-refractivity contribution >= 4 is 46.0 Å². The third-order valence-corrected chi connectivity index (χ3v) is 5.59. The van der Waals surface area contributed by atoms with Crippen molar-refractivity contribution < 1.29 is 19.9 Å². The van der Waals surface area contributed by atoms with Gasteiger partial charge in [0.2, 0.25) is 0 Å². The first kappa shape index (κ1) is 28.0. The highest BCUT2D eigenvalue weighted by Gasteiger charge is 2.30. The summed E-state index contributed by atoms with van der Waals surface area (Å²) in [4.78, 5) is 32.5. The molecule has 0 unspecified atom stereocenters. The Morgan fingerprint density at radius 3 is 1.89 bits per heavy atom. The lowest BCUT2D eigenvalue weighted by Crippen LogP contribution is -2.27. The Bertz CT molecular complexity index is 1010. The predicted molar refractivity (Wildman–Crippen MR) is 133 cm³/mol. The second-order valence-electron chi connectivity index (χ2n) is 7.62. The molecule has 190 valence electrons. The van der Waals surface area contributed by atoms with E-state index in [1.165, 1.54) is 37.2 Å². The molecule has 0 aromatic heterocycles. The van der Waals surface area contributed by atoms with Gasteiger partial charge in [-0.25, -0.2) is 0 Å². The molecule has 12 nitrogen and oxygen atoms in total. The minimum Gasteiger partial charge on any atom is -0.497 e. The van der Waals surface area contributed by atoms with Crippen LogP contribution in [-0.2, 0) is 6.54 Å². The lowest BCUT2D eigenvalue weighted by Gasteiger charge is -2.24. The molecule has 2 aromatic carbocycles. The average molecular weight is 530 g/mol. The third kappa shape index (κ3) is 8.19. The maximum atomic E-state index is 10.4. The summed E-state index contributed by atoms with van der Waals surface area (Å²) < 4.78 is 0. The van der Waals surface area contributed by atoms with Gasteiger partial charge in [0.05, 0.1) is 26.9 Å². The van der Waals surface area contributed by atoms with Gasteiger partial charge in [-0.15, -0.1) is 23.2 Å². The zero-order valence-electron chi connectivity index (χ0n) is 18.7. The lowest BCUT2D eigenvalue weighted by atomic mass is 10.1. The van der Waals surface area contributed by atoms with Gasteiger partial charge in [-0.05, 0) is 43.6 Å². The molecule has 0 atom stereocenters. The molecule has 0 saturated carbocycles. The quantitative estimate of drug-likeness (QED) is 0.262. The van der Waals surface area contributed by atoms with Crippen LogP contribution in [0.15, 0.2) is 36.4 Å². The largest absolute Gasteiger partial charge is 0.497 e. The molecule has 0 bridgehead atoms. The van der Waals surface area contributed by atoms with Crippen molar-refractivity contribution in [2.24, 2.45) is 0 Å². The van der Waals surface area contributed by atoms with Gasteiger partial charge < -0.3 is 10.0 Å². The number of hydrogen-bond acceptors (Lipinski definition) is 9. The number of aromatic hydroxyl groups is 1. The van der Waals surface area contributed by atoms with Gasteiger partial charge in [-0.1, -0.05) is 12.1 Å². The monoisotopic (exact) mass is 529 g/mol. The summed E-state index contributed by atoms with van der Waals surface area (Å²) >= 11 is 11.7. The van der Waals surface area contributed by atoms with E-state index in [0.717, 1.165) is 19.6 Å². The van der Waals surface area contributed by atoms with Crippen molar-refractivity contribution in [2.75, 3.05) is 42.8 Å². The van der Waals surface area contributed by atoms with Crippen LogP contribution < -0.4 is 4.90 Å². The van der Waals surface area contributed by atoms with Gasteiger partial charge in [0.25, 0.3) is 11.4 Å². The first-order valence-corrected chi connectivity index (χ1v) is 11.7. The minimum absolute atomic E-state index is 0.447. The Labute approximate surface area is 211 Å². The van der Waals surface area contributed by atoms with E-state index < -0.39 is 37.6 Å². The fraction of sp³-hybridized carbons (Fsp3) is 0.429. The number of alkyl halides is 2.